The third-order valence-corrected chi connectivity index (χ3v) is 3.46. The molecule has 1 aromatic carbocycles. The summed E-state index contributed by atoms with van der Waals surface area (Å²) in [6.45, 7) is 0. The minimum Gasteiger partial charge on any atom is -0.402 e. The minimum atomic E-state index is -4.54. The smallest absolute Gasteiger partial charge is 0.402 e. The Kier molecular flexibility index (Phi) is 4.39. The number of nitrogens with two attached hydrogens (primary N) is 2. The summed E-state index contributed by atoms with van der Waals surface area (Å²) in [6, 6.07) is 1.45. The van der Waals surface area contributed by atoms with Crippen LogP contribution in [0.2, 0.25) is 10.0 Å². The van der Waals surface area contributed by atoms with Gasteiger partial charge in [-0.15, -0.1) is 0 Å². The zero-order valence-corrected chi connectivity index (χ0v) is 12.2. The van der Waals surface area contributed by atoms with Crippen LogP contribution in [0.3, 0.4) is 0 Å². The van der Waals surface area contributed by atoms with E-state index in [1.165, 1.54) is 6.08 Å². The van der Waals surface area contributed by atoms with E-state index >= 15 is 0 Å². The van der Waals surface area contributed by atoms with Gasteiger partial charge in [0.1, 0.15) is 0 Å². The van der Waals surface area contributed by atoms with Crippen molar-refractivity contribution < 1.29 is 23.3 Å². The lowest BCUT2D eigenvalue weighted by Gasteiger charge is -2.11. The molecule has 0 unspecified atom stereocenters. The van der Waals surface area contributed by atoms with E-state index in [0.717, 1.165) is 25.0 Å². The van der Waals surface area contributed by atoms with Gasteiger partial charge in [-0.1, -0.05) is 23.2 Å². The van der Waals surface area contributed by atoms with Crippen LogP contribution in [0.15, 0.2) is 23.9 Å². The SMILES string of the molecule is N/C(=C\C(=[NH2+])Oc1c(Cl)cc(C(F)(F)F)cc1Cl)C1CC1. The van der Waals surface area contributed by atoms with Crippen molar-refractivity contribution >= 4 is 29.1 Å². The van der Waals surface area contributed by atoms with Crippen molar-refractivity contribution in [2.45, 2.75) is 19.0 Å². The molecule has 114 valence electrons. The maximum Gasteiger partial charge on any atom is 0.416 e. The molecule has 2 rings (SSSR count). The van der Waals surface area contributed by atoms with Crippen LogP contribution in [0.25, 0.3) is 0 Å². The van der Waals surface area contributed by atoms with Crippen molar-refractivity contribution in [3.63, 3.8) is 0 Å². The standard InChI is InChI=1S/C13H11Cl2F3N2O/c14-8-3-7(13(16,17)18)4-9(15)12(8)21-11(20)5-10(19)6-1-2-6/h3-6,20H,1-2,19H2/p+1/b10-5-,20-11?. The van der Waals surface area contributed by atoms with E-state index in [0.29, 0.717) is 5.70 Å². The van der Waals surface area contributed by atoms with Crippen molar-refractivity contribution in [2.24, 2.45) is 11.7 Å². The Labute approximate surface area is 129 Å². The fourth-order valence-electron chi connectivity index (χ4n) is 1.67. The van der Waals surface area contributed by atoms with Gasteiger partial charge in [0.25, 0.3) is 0 Å². The second-order valence-electron chi connectivity index (χ2n) is 4.69. The van der Waals surface area contributed by atoms with E-state index in [1.807, 2.05) is 0 Å². The maximum atomic E-state index is 12.6. The molecule has 1 aliphatic carbocycles. The lowest BCUT2D eigenvalue weighted by molar-refractivity contribution is -0.137. The summed E-state index contributed by atoms with van der Waals surface area (Å²) in [7, 11) is 0. The molecule has 4 N–H and O–H groups in total. The van der Waals surface area contributed by atoms with Gasteiger partial charge in [-0.2, -0.15) is 13.2 Å². The molecule has 0 spiro atoms. The van der Waals surface area contributed by atoms with Gasteiger partial charge in [0, 0.05) is 5.70 Å². The first-order valence-electron chi connectivity index (χ1n) is 6.02. The average molecular weight is 340 g/mol. The molecule has 0 bridgehead atoms. The Morgan fingerprint density at radius 3 is 2.24 bits per heavy atom. The molecular weight excluding hydrogens is 328 g/mol. The van der Waals surface area contributed by atoms with E-state index in [-0.39, 0.29) is 27.6 Å². The molecular formula is C13H12Cl2F3N2O+. The van der Waals surface area contributed by atoms with E-state index in [4.69, 9.17) is 39.1 Å². The van der Waals surface area contributed by atoms with Gasteiger partial charge >= 0.3 is 12.1 Å². The van der Waals surface area contributed by atoms with Gasteiger partial charge in [0.15, 0.2) is 5.75 Å². The van der Waals surface area contributed by atoms with Crippen LogP contribution in [-0.4, -0.2) is 5.90 Å². The van der Waals surface area contributed by atoms with Crippen LogP contribution < -0.4 is 15.9 Å². The number of hydrogen-bond acceptors (Lipinski definition) is 2. The number of benzene rings is 1. The lowest BCUT2D eigenvalue weighted by Crippen LogP contribution is -2.42. The summed E-state index contributed by atoms with van der Waals surface area (Å²) >= 11 is 11.5. The Morgan fingerprint density at radius 2 is 1.81 bits per heavy atom. The first-order valence-corrected chi connectivity index (χ1v) is 6.77. The number of ether oxygens (including phenoxy) is 1. The fraction of sp³-hybridized carbons (Fsp3) is 0.308. The molecule has 8 heteroatoms. The molecule has 21 heavy (non-hydrogen) atoms. The number of alkyl halides is 3. The van der Waals surface area contributed by atoms with Crippen molar-refractivity contribution in [3.05, 3.63) is 39.5 Å². The van der Waals surface area contributed by atoms with E-state index in [2.05, 4.69) is 0 Å². The molecule has 3 nitrogen and oxygen atoms in total. The Balaban J connectivity index is 2.20. The number of halogens is 5. The van der Waals surface area contributed by atoms with Crippen molar-refractivity contribution in [2.75, 3.05) is 0 Å². The average Bonchev–Trinajstić information content (AvgIpc) is 3.16. The molecule has 1 aromatic rings. The van der Waals surface area contributed by atoms with E-state index in [1.54, 1.807) is 0 Å². The summed E-state index contributed by atoms with van der Waals surface area (Å²) in [5.41, 5.74) is 5.36. The highest BCUT2D eigenvalue weighted by Gasteiger charge is 2.32. The molecule has 1 aliphatic rings. The molecule has 0 amide bonds. The number of allylic oxidation sites excluding steroid dienone is 1. The monoisotopic (exact) mass is 339 g/mol. The maximum absolute atomic E-state index is 12.6. The van der Waals surface area contributed by atoms with E-state index < -0.39 is 11.7 Å². The van der Waals surface area contributed by atoms with Gasteiger partial charge in [-0.25, -0.2) is 5.41 Å². The Morgan fingerprint density at radius 1 is 1.29 bits per heavy atom. The fourth-order valence-corrected chi connectivity index (χ4v) is 2.23. The van der Waals surface area contributed by atoms with Crippen LogP contribution >= 0.6 is 23.2 Å². The lowest BCUT2D eigenvalue weighted by atomic mass is 10.2. The third-order valence-electron chi connectivity index (χ3n) is 2.90. The Bertz CT molecular complexity index is 587. The summed E-state index contributed by atoms with van der Waals surface area (Å²) in [5, 5.41) is 5.07. The second-order valence-corrected chi connectivity index (χ2v) is 5.50. The van der Waals surface area contributed by atoms with Gasteiger partial charge in [-0.05, 0) is 30.9 Å². The summed E-state index contributed by atoms with van der Waals surface area (Å²) in [5.74, 6) is 0.0670. The summed E-state index contributed by atoms with van der Waals surface area (Å²) in [6.07, 6.45) is -1.16. The van der Waals surface area contributed by atoms with Crippen LogP contribution in [0, 0.1) is 5.92 Å². The van der Waals surface area contributed by atoms with Crippen molar-refractivity contribution in [3.8, 4) is 5.75 Å². The van der Waals surface area contributed by atoms with Gasteiger partial charge in [0.2, 0.25) is 0 Å². The second kappa shape index (κ2) is 5.77. The third kappa shape index (κ3) is 4.04. The first-order chi connectivity index (χ1) is 9.68. The molecule has 0 atom stereocenters. The van der Waals surface area contributed by atoms with Crippen LogP contribution in [-0.2, 0) is 6.18 Å². The molecule has 0 heterocycles. The van der Waals surface area contributed by atoms with Crippen LogP contribution in [0.5, 0.6) is 5.75 Å². The minimum absolute atomic E-state index is 0.0806. The number of hydrogen-bond donors (Lipinski definition) is 2. The van der Waals surface area contributed by atoms with E-state index in [9.17, 15) is 13.2 Å². The zero-order chi connectivity index (χ0) is 15.8. The summed E-state index contributed by atoms with van der Waals surface area (Å²) < 4.78 is 43.0. The predicted octanol–water partition coefficient (Wildman–Crippen LogP) is 2.80. The molecule has 0 aliphatic heterocycles. The van der Waals surface area contributed by atoms with Crippen molar-refractivity contribution in [1.29, 1.82) is 0 Å². The molecule has 0 radical (unpaired) electrons. The van der Waals surface area contributed by atoms with Gasteiger partial charge in [0.05, 0.1) is 21.7 Å². The molecule has 0 saturated heterocycles. The normalized spacial score (nSPS) is 16.0. The van der Waals surface area contributed by atoms with Gasteiger partial charge < -0.3 is 10.5 Å². The first kappa shape index (κ1) is 16.0. The van der Waals surface area contributed by atoms with Crippen molar-refractivity contribution in [1.82, 2.24) is 0 Å². The highest BCUT2D eigenvalue weighted by atomic mass is 35.5. The number of rotatable bonds is 3. The van der Waals surface area contributed by atoms with Crippen LogP contribution in [0.4, 0.5) is 13.2 Å². The topological polar surface area (TPSA) is 60.8 Å². The Hall–Kier alpha value is -1.40. The summed E-state index contributed by atoms with van der Waals surface area (Å²) in [4.78, 5) is 0. The van der Waals surface area contributed by atoms with Gasteiger partial charge in [-0.3, -0.25) is 0 Å². The molecule has 1 saturated carbocycles. The highest BCUT2D eigenvalue weighted by Crippen LogP contribution is 2.40. The quantitative estimate of drug-likeness (QED) is 0.657. The predicted molar refractivity (Wildman–Crippen MR) is 74.0 cm³/mol. The largest absolute Gasteiger partial charge is 0.416 e. The zero-order valence-electron chi connectivity index (χ0n) is 10.7. The molecule has 1 fully saturated rings. The highest BCUT2D eigenvalue weighted by molar-refractivity contribution is 6.37. The molecule has 0 aromatic heterocycles. The van der Waals surface area contributed by atoms with Crippen LogP contribution in [0.1, 0.15) is 18.4 Å².